The molecule has 0 bridgehead atoms. The first-order valence-electron chi connectivity index (χ1n) is 8.77. The second-order valence-electron chi connectivity index (χ2n) is 6.09. The summed E-state index contributed by atoms with van der Waals surface area (Å²) in [6.07, 6.45) is 2.95. The van der Waals surface area contributed by atoms with E-state index in [-0.39, 0.29) is 30.3 Å². The number of halogens is 1. The summed E-state index contributed by atoms with van der Waals surface area (Å²) in [6, 6.07) is 13.4. The van der Waals surface area contributed by atoms with Gasteiger partial charge in [-0.3, -0.25) is 9.59 Å². The van der Waals surface area contributed by atoms with Crippen LogP contribution in [-0.2, 0) is 11.2 Å². The van der Waals surface area contributed by atoms with E-state index < -0.39 is 0 Å². The Hall–Kier alpha value is -2.69. The van der Waals surface area contributed by atoms with Gasteiger partial charge in [0.25, 0.3) is 0 Å². The van der Waals surface area contributed by atoms with Crippen LogP contribution in [0.5, 0.6) is 5.75 Å². The molecule has 26 heavy (non-hydrogen) atoms. The smallest absolute Gasteiger partial charge is 0.220 e. The van der Waals surface area contributed by atoms with Gasteiger partial charge in [0.15, 0.2) is 5.78 Å². The number of unbranched alkanes of at least 4 members (excludes halogenated alkanes) is 1. The highest BCUT2D eigenvalue weighted by atomic mass is 19.1. The third-order valence-electron chi connectivity index (χ3n) is 4.10. The second kappa shape index (κ2) is 10.3. The second-order valence-corrected chi connectivity index (χ2v) is 6.09. The fourth-order valence-electron chi connectivity index (χ4n) is 2.59. The van der Waals surface area contributed by atoms with Gasteiger partial charge in [0.05, 0.1) is 7.11 Å². The van der Waals surface area contributed by atoms with Crippen LogP contribution in [0.3, 0.4) is 0 Å². The topological polar surface area (TPSA) is 55.4 Å². The van der Waals surface area contributed by atoms with Crippen LogP contribution >= 0.6 is 0 Å². The van der Waals surface area contributed by atoms with Crippen LogP contribution in [0.25, 0.3) is 0 Å². The summed E-state index contributed by atoms with van der Waals surface area (Å²) in [5, 5.41) is 2.83. The number of ether oxygens (including phenoxy) is 1. The SMILES string of the molecule is COc1cccc(C(=O)CCC(=O)NCCCCc2ccc(F)cc2)c1. The number of hydrogen-bond acceptors (Lipinski definition) is 3. The van der Waals surface area contributed by atoms with E-state index in [1.165, 1.54) is 12.1 Å². The number of nitrogens with one attached hydrogen (secondary N) is 1. The summed E-state index contributed by atoms with van der Waals surface area (Å²) in [5.41, 5.74) is 1.64. The van der Waals surface area contributed by atoms with E-state index >= 15 is 0 Å². The van der Waals surface area contributed by atoms with Gasteiger partial charge in [0.2, 0.25) is 5.91 Å². The number of methoxy groups -OCH3 is 1. The van der Waals surface area contributed by atoms with Crippen molar-refractivity contribution in [2.24, 2.45) is 0 Å². The zero-order valence-corrected chi connectivity index (χ0v) is 15.0. The van der Waals surface area contributed by atoms with Gasteiger partial charge in [-0.15, -0.1) is 0 Å². The van der Waals surface area contributed by atoms with Crippen molar-refractivity contribution in [1.82, 2.24) is 5.32 Å². The molecular weight excluding hydrogens is 333 g/mol. The van der Waals surface area contributed by atoms with Gasteiger partial charge in [-0.25, -0.2) is 4.39 Å². The van der Waals surface area contributed by atoms with Crippen LogP contribution in [0, 0.1) is 5.82 Å². The molecule has 1 N–H and O–H groups in total. The predicted octanol–water partition coefficient (Wildman–Crippen LogP) is 3.94. The number of carbonyl (C=O) groups excluding carboxylic acids is 2. The highest BCUT2D eigenvalue weighted by Gasteiger charge is 2.10. The molecule has 138 valence electrons. The molecule has 0 radical (unpaired) electrons. The van der Waals surface area contributed by atoms with E-state index in [0.717, 1.165) is 24.8 Å². The number of ketones is 1. The van der Waals surface area contributed by atoms with E-state index in [1.807, 2.05) is 0 Å². The number of rotatable bonds is 10. The largest absolute Gasteiger partial charge is 0.497 e. The number of carbonyl (C=O) groups is 2. The predicted molar refractivity (Wildman–Crippen MR) is 98.9 cm³/mol. The van der Waals surface area contributed by atoms with Gasteiger partial charge in [-0.05, 0) is 49.1 Å². The fraction of sp³-hybridized carbons (Fsp3) is 0.333. The Labute approximate surface area is 153 Å². The Morgan fingerprint density at radius 2 is 1.81 bits per heavy atom. The third kappa shape index (κ3) is 6.67. The van der Waals surface area contributed by atoms with Crippen molar-refractivity contribution in [2.75, 3.05) is 13.7 Å². The number of Topliss-reactive ketones (excluding diaryl/α,β-unsaturated/α-hetero) is 1. The van der Waals surface area contributed by atoms with Gasteiger partial charge in [-0.1, -0.05) is 24.3 Å². The summed E-state index contributed by atoms with van der Waals surface area (Å²) in [5.74, 6) is 0.198. The van der Waals surface area contributed by atoms with Gasteiger partial charge < -0.3 is 10.1 Å². The van der Waals surface area contributed by atoms with Crippen molar-refractivity contribution in [2.45, 2.75) is 32.1 Å². The van der Waals surface area contributed by atoms with E-state index in [1.54, 1.807) is 43.5 Å². The summed E-state index contributed by atoms with van der Waals surface area (Å²) >= 11 is 0. The Morgan fingerprint density at radius 3 is 2.54 bits per heavy atom. The standard InChI is InChI=1S/C21H24FNO3/c1-26-19-7-4-6-17(15-19)20(24)12-13-21(25)23-14-3-2-5-16-8-10-18(22)11-9-16/h4,6-11,15H,2-3,5,12-14H2,1H3,(H,23,25). The Kier molecular flexibility index (Phi) is 7.80. The molecule has 2 rings (SSSR count). The Morgan fingerprint density at radius 1 is 1.04 bits per heavy atom. The molecule has 0 aliphatic heterocycles. The highest BCUT2D eigenvalue weighted by Crippen LogP contribution is 2.14. The van der Waals surface area contributed by atoms with Crippen LogP contribution in [0.15, 0.2) is 48.5 Å². The molecule has 2 aromatic rings. The zero-order chi connectivity index (χ0) is 18.8. The molecule has 0 fully saturated rings. The van der Waals surface area contributed by atoms with Crippen LogP contribution in [0.2, 0.25) is 0 Å². The van der Waals surface area contributed by atoms with Gasteiger partial charge >= 0.3 is 0 Å². The molecule has 0 aliphatic rings. The van der Waals surface area contributed by atoms with Gasteiger partial charge in [0, 0.05) is 24.9 Å². The van der Waals surface area contributed by atoms with Crippen LogP contribution in [0.4, 0.5) is 4.39 Å². The maximum absolute atomic E-state index is 12.8. The average Bonchev–Trinajstić information content (AvgIpc) is 2.67. The van der Waals surface area contributed by atoms with E-state index in [4.69, 9.17) is 4.74 Å². The van der Waals surface area contributed by atoms with Crippen LogP contribution in [0.1, 0.15) is 41.6 Å². The lowest BCUT2D eigenvalue weighted by atomic mass is 10.1. The Bertz CT molecular complexity index is 728. The Balaban J connectivity index is 1.61. The molecule has 0 saturated carbocycles. The molecule has 1 amide bonds. The average molecular weight is 357 g/mol. The first-order valence-corrected chi connectivity index (χ1v) is 8.77. The maximum Gasteiger partial charge on any atom is 0.220 e. The van der Waals surface area contributed by atoms with Crippen molar-refractivity contribution in [1.29, 1.82) is 0 Å². The molecule has 0 aliphatic carbocycles. The number of amides is 1. The number of aryl methyl sites for hydroxylation is 1. The lowest BCUT2D eigenvalue weighted by Gasteiger charge is -2.06. The minimum absolute atomic E-state index is 0.0737. The monoisotopic (exact) mass is 357 g/mol. The molecule has 0 saturated heterocycles. The molecule has 2 aromatic carbocycles. The molecule has 0 heterocycles. The van der Waals surface area contributed by atoms with Crippen LogP contribution in [-0.4, -0.2) is 25.3 Å². The zero-order valence-electron chi connectivity index (χ0n) is 15.0. The van der Waals surface area contributed by atoms with E-state index in [0.29, 0.717) is 17.9 Å². The fourth-order valence-corrected chi connectivity index (χ4v) is 2.59. The van der Waals surface area contributed by atoms with Crippen molar-refractivity contribution >= 4 is 11.7 Å². The summed E-state index contributed by atoms with van der Waals surface area (Å²) in [4.78, 5) is 24.0. The maximum atomic E-state index is 12.8. The molecular formula is C21H24FNO3. The summed E-state index contributed by atoms with van der Waals surface area (Å²) in [6.45, 7) is 0.577. The summed E-state index contributed by atoms with van der Waals surface area (Å²) < 4.78 is 17.9. The molecule has 4 nitrogen and oxygen atoms in total. The molecule has 5 heteroatoms. The first-order chi connectivity index (χ1) is 12.6. The molecule has 0 aromatic heterocycles. The van der Waals surface area contributed by atoms with Crippen molar-refractivity contribution in [3.8, 4) is 5.75 Å². The number of hydrogen-bond donors (Lipinski definition) is 1. The van der Waals surface area contributed by atoms with E-state index in [9.17, 15) is 14.0 Å². The van der Waals surface area contributed by atoms with Crippen molar-refractivity contribution in [3.05, 3.63) is 65.5 Å². The van der Waals surface area contributed by atoms with Gasteiger partial charge in [-0.2, -0.15) is 0 Å². The van der Waals surface area contributed by atoms with Crippen LogP contribution < -0.4 is 10.1 Å². The number of benzene rings is 2. The lowest BCUT2D eigenvalue weighted by molar-refractivity contribution is -0.121. The minimum atomic E-state index is -0.232. The molecule has 0 atom stereocenters. The van der Waals surface area contributed by atoms with Crippen molar-refractivity contribution < 1.29 is 18.7 Å². The van der Waals surface area contributed by atoms with Gasteiger partial charge in [0.1, 0.15) is 11.6 Å². The first kappa shape index (κ1) is 19.6. The normalized spacial score (nSPS) is 10.4. The summed E-state index contributed by atoms with van der Waals surface area (Å²) in [7, 11) is 1.55. The minimum Gasteiger partial charge on any atom is -0.497 e. The highest BCUT2D eigenvalue weighted by molar-refractivity contribution is 5.98. The molecule has 0 unspecified atom stereocenters. The molecule has 0 spiro atoms. The third-order valence-corrected chi connectivity index (χ3v) is 4.10. The quantitative estimate of drug-likeness (QED) is 0.518. The van der Waals surface area contributed by atoms with Crippen molar-refractivity contribution in [3.63, 3.8) is 0 Å². The lowest BCUT2D eigenvalue weighted by Crippen LogP contribution is -2.24. The van der Waals surface area contributed by atoms with E-state index in [2.05, 4.69) is 5.32 Å².